The summed E-state index contributed by atoms with van der Waals surface area (Å²) in [5, 5.41) is 12.5. The number of aliphatic hydroxyl groups is 1. The monoisotopic (exact) mass is 154 g/mol. The number of aromatic nitrogens is 2. The Hall–Kier alpha value is -1.36. The van der Waals surface area contributed by atoms with E-state index in [-0.39, 0.29) is 0 Å². The minimum absolute atomic E-state index is 0.308. The molecule has 1 aromatic heterocycles. The van der Waals surface area contributed by atoms with Gasteiger partial charge >= 0.3 is 0 Å². The van der Waals surface area contributed by atoms with Crippen LogP contribution in [-0.4, -0.2) is 14.7 Å². The lowest BCUT2D eigenvalue weighted by Gasteiger charge is -2.07. The van der Waals surface area contributed by atoms with Gasteiger partial charge in [0, 0.05) is 12.4 Å². The Morgan fingerprint density at radius 1 is 1.82 bits per heavy atom. The van der Waals surface area contributed by atoms with E-state index in [1.54, 1.807) is 25.4 Å². The van der Waals surface area contributed by atoms with Crippen molar-refractivity contribution in [2.45, 2.75) is 13.2 Å². The maximum absolute atomic E-state index is 9.14. The molecule has 0 aromatic carbocycles. The number of nitrogens with two attached hydrogens (primary N) is 1. The second-order valence-electron chi connectivity index (χ2n) is 2.09. The van der Waals surface area contributed by atoms with Gasteiger partial charge in [0.25, 0.3) is 0 Å². The molecule has 0 saturated carbocycles. The van der Waals surface area contributed by atoms with Crippen molar-refractivity contribution >= 4 is 0 Å². The van der Waals surface area contributed by atoms with Crippen molar-refractivity contribution < 1.29 is 5.11 Å². The summed E-state index contributed by atoms with van der Waals surface area (Å²) in [6.07, 6.45) is 2.56. The van der Waals surface area contributed by atoms with Gasteiger partial charge < -0.3 is 10.9 Å². The van der Waals surface area contributed by atoms with E-state index in [0.29, 0.717) is 5.62 Å². The van der Waals surface area contributed by atoms with Crippen LogP contribution in [0.3, 0.4) is 0 Å². The maximum atomic E-state index is 9.14. The summed E-state index contributed by atoms with van der Waals surface area (Å²) in [7, 11) is 0. The van der Waals surface area contributed by atoms with Crippen molar-refractivity contribution in [1.82, 2.24) is 9.55 Å². The first-order valence-electron chi connectivity index (χ1n) is 3.21. The fourth-order valence-electron chi connectivity index (χ4n) is 0.766. The van der Waals surface area contributed by atoms with Crippen LogP contribution >= 0.6 is 0 Å². The highest BCUT2D eigenvalue weighted by Gasteiger charge is 1.97. The lowest BCUT2D eigenvalue weighted by atomic mass is 10.6. The molecule has 1 heterocycles. The Bertz CT molecular complexity index is 291. The molecule has 60 valence electrons. The Balaban J connectivity index is 3.25. The average molecular weight is 154 g/mol. The summed E-state index contributed by atoms with van der Waals surface area (Å²) in [6, 6.07) is 1.70. The van der Waals surface area contributed by atoms with E-state index in [0.717, 1.165) is 0 Å². The number of nitrogens with zero attached hydrogens (tertiary/aromatic N) is 3. The van der Waals surface area contributed by atoms with Gasteiger partial charge in [-0.3, -0.25) is 4.57 Å². The third-order valence-electron chi connectivity index (χ3n) is 1.27. The summed E-state index contributed by atoms with van der Waals surface area (Å²) >= 11 is 0. The Kier molecular flexibility index (Phi) is 2.22. The van der Waals surface area contributed by atoms with Crippen LogP contribution < -0.4 is 11.5 Å². The molecule has 0 radical (unpaired) electrons. The quantitative estimate of drug-likeness (QED) is 0.409. The first-order chi connectivity index (χ1) is 5.25. The highest BCUT2D eigenvalue weighted by Crippen LogP contribution is 1.92. The Morgan fingerprint density at radius 3 is 3.00 bits per heavy atom. The standard InChI is InChI=1S/C6H10N4O/c1-5(11)10-4-2-3-8-6(10)9-7/h2-5,11H,7H2,1H3/b9-6-. The summed E-state index contributed by atoms with van der Waals surface area (Å²) in [5.74, 6) is 5.02. The second-order valence-corrected chi connectivity index (χ2v) is 2.09. The second kappa shape index (κ2) is 3.16. The van der Waals surface area contributed by atoms with Crippen LogP contribution in [0.25, 0.3) is 0 Å². The Labute approximate surface area is 63.8 Å². The molecule has 0 fully saturated rings. The molecule has 3 N–H and O–H groups in total. The van der Waals surface area contributed by atoms with E-state index in [2.05, 4.69) is 10.1 Å². The van der Waals surface area contributed by atoms with E-state index in [1.807, 2.05) is 0 Å². The van der Waals surface area contributed by atoms with Gasteiger partial charge in [0.15, 0.2) is 0 Å². The molecule has 0 saturated heterocycles. The molecule has 1 rings (SSSR count). The molecule has 1 unspecified atom stereocenters. The van der Waals surface area contributed by atoms with E-state index in [4.69, 9.17) is 10.9 Å². The molecule has 5 heteroatoms. The smallest absolute Gasteiger partial charge is 0.248 e. The number of aliphatic hydroxyl groups excluding tert-OH is 1. The van der Waals surface area contributed by atoms with Gasteiger partial charge in [0.2, 0.25) is 5.62 Å². The van der Waals surface area contributed by atoms with Gasteiger partial charge in [-0.2, -0.15) is 0 Å². The molecule has 0 bridgehead atoms. The van der Waals surface area contributed by atoms with Crippen LogP contribution in [0.2, 0.25) is 0 Å². The van der Waals surface area contributed by atoms with Crippen LogP contribution in [-0.2, 0) is 0 Å². The van der Waals surface area contributed by atoms with Crippen LogP contribution in [0.15, 0.2) is 23.6 Å². The normalized spacial score (nSPS) is 14.9. The van der Waals surface area contributed by atoms with Crippen molar-refractivity contribution in [2.75, 3.05) is 0 Å². The molecule has 0 amide bonds. The van der Waals surface area contributed by atoms with Gasteiger partial charge in [0.05, 0.1) is 0 Å². The lowest BCUT2D eigenvalue weighted by Crippen LogP contribution is -2.27. The third kappa shape index (κ3) is 1.56. The molecule has 1 atom stereocenters. The topological polar surface area (TPSA) is 76.4 Å². The zero-order valence-electron chi connectivity index (χ0n) is 6.18. The first kappa shape index (κ1) is 7.74. The van der Waals surface area contributed by atoms with Gasteiger partial charge in [-0.1, -0.05) is 0 Å². The largest absolute Gasteiger partial charge is 0.373 e. The fraction of sp³-hybridized carbons (Fsp3) is 0.333. The minimum atomic E-state index is -0.661. The highest BCUT2D eigenvalue weighted by atomic mass is 16.3. The van der Waals surface area contributed by atoms with Gasteiger partial charge in [-0.05, 0) is 13.0 Å². The predicted molar refractivity (Wildman–Crippen MR) is 38.9 cm³/mol. The Morgan fingerprint density at radius 2 is 2.55 bits per heavy atom. The SMILES string of the molecule is CC(O)n1cccn/c1=N/N. The van der Waals surface area contributed by atoms with Crippen molar-refractivity contribution in [2.24, 2.45) is 10.9 Å². The van der Waals surface area contributed by atoms with E-state index in [9.17, 15) is 0 Å². The number of hydrogen-bond donors (Lipinski definition) is 2. The maximum Gasteiger partial charge on any atom is 0.248 e. The third-order valence-corrected chi connectivity index (χ3v) is 1.27. The number of rotatable bonds is 1. The zero-order chi connectivity index (χ0) is 8.27. The molecule has 1 aromatic rings. The molecule has 0 aliphatic carbocycles. The number of hydrogen-bond acceptors (Lipinski definition) is 4. The van der Waals surface area contributed by atoms with Crippen LogP contribution in [0.4, 0.5) is 0 Å². The molecule has 0 aliphatic rings. The van der Waals surface area contributed by atoms with Crippen molar-refractivity contribution in [3.63, 3.8) is 0 Å². The van der Waals surface area contributed by atoms with Gasteiger partial charge in [-0.15, -0.1) is 5.10 Å². The van der Waals surface area contributed by atoms with Gasteiger partial charge in [-0.25, -0.2) is 4.98 Å². The van der Waals surface area contributed by atoms with Crippen molar-refractivity contribution in [3.8, 4) is 0 Å². The van der Waals surface area contributed by atoms with Crippen LogP contribution in [0.5, 0.6) is 0 Å². The summed E-state index contributed by atoms with van der Waals surface area (Å²) in [6.45, 7) is 1.61. The zero-order valence-corrected chi connectivity index (χ0v) is 6.18. The van der Waals surface area contributed by atoms with Crippen LogP contribution in [0, 0.1) is 0 Å². The molecular weight excluding hydrogens is 144 g/mol. The molecule has 0 aliphatic heterocycles. The van der Waals surface area contributed by atoms with Crippen molar-refractivity contribution in [3.05, 3.63) is 24.1 Å². The molecular formula is C6H10N4O. The van der Waals surface area contributed by atoms with E-state index in [1.165, 1.54) is 4.57 Å². The molecule has 11 heavy (non-hydrogen) atoms. The van der Waals surface area contributed by atoms with Crippen molar-refractivity contribution in [1.29, 1.82) is 0 Å². The first-order valence-corrected chi connectivity index (χ1v) is 3.21. The summed E-state index contributed by atoms with van der Waals surface area (Å²) < 4.78 is 1.46. The van der Waals surface area contributed by atoms with E-state index < -0.39 is 6.23 Å². The predicted octanol–water partition coefficient (Wildman–Crippen LogP) is -0.832. The average Bonchev–Trinajstić information content (AvgIpc) is 2.04. The van der Waals surface area contributed by atoms with Crippen LogP contribution in [0.1, 0.15) is 13.2 Å². The lowest BCUT2D eigenvalue weighted by molar-refractivity contribution is 0.117. The summed E-state index contributed by atoms with van der Waals surface area (Å²) in [5.41, 5.74) is 0.308. The molecule has 0 spiro atoms. The van der Waals surface area contributed by atoms with Gasteiger partial charge in [0.1, 0.15) is 6.23 Å². The van der Waals surface area contributed by atoms with E-state index >= 15 is 0 Å². The summed E-state index contributed by atoms with van der Waals surface area (Å²) in [4.78, 5) is 3.83. The fourth-order valence-corrected chi connectivity index (χ4v) is 0.766. The minimum Gasteiger partial charge on any atom is -0.373 e. The molecule has 5 nitrogen and oxygen atoms in total. The highest BCUT2D eigenvalue weighted by molar-refractivity contribution is 4.80.